The van der Waals surface area contributed by atoms with Crippen LogP contribution in [0.25, 0.3) is 11.4 Å². The van der Waals surface area contributed by atoms with Gasteiger partial charge in [-0.25, -0.2) is 13.8 Å². The number of hydrogen-bond acceptors (Lipinski definition) is 5. The largest absolute Gasteiger partial charge is 0.378 e. The molecule has 0 radical (unpaired) electrons. The Bertz CT molecular complexity index is 1340. The second kappa shape index (κ2) is 10.8. The van der Waals surface area contributed by atoms with Crippen LogP contribution in [0, 0.1) is 5.82 Å². The van der Waals surface area contributed by atoms with Gasteiger partial charge in [0.2, 0.25) is 5.91 Å². The normalized spacial score (nSPS) is 19.5. The van der Waals surface area contributed by atoms with Gasteiger partial charge in [0, 0.05) is 29.7 Å². The summed E-state index contributed by atoms with van der Waals surface area (Å²) in [5, 5.41) is 7.61. The maximum atomic E-state index is 15.3. The van der Waals surface area contributed by atoms with E-state index in [-0.39, 0.29) is 29.9 Å². The fourth-order valence-corrected chi connectivity index (χ4v) is 5.47. The zero-order chi connectivity index (χ0) is 26.1. The lowest BCUT2D eigenvalue weighted by Crippen LogP contribution is -2.46. The molecule has 37 heavy (non-hydrogen) atoms. The number of rotatable bonds is 8. The molecule has 2 aliphatic heterocycles. The summed E-state index contributed by atoms with van der Waals surface area (Å²) in [6.45, 7) is 6.07. The van der Waals surface area contributed by atoms with E-state index in [1.807, 2.05) is 19.9 Å². The molecule has 2 atom stereocenters. The molecule has 196 valence electrons. The summed E-state index contributed by atoms with van der Waals surface area (Å²) in [6, 6.07) is 12.4. The predicted molar refractivity (Wildman–Crippen MR) is 139 cm³/mol. The molecule has 2 aliphatic rings. The van der Waals surface area contributed by atoms with Crippen LogP contribution in [0.1, 0.15) is 38.1 Å². The minimum atomic E-state index is -0.578. The highest BCUT2D eigenvalue weighted by Crippen LogP contribution is 2.29. The highest BCUT2D eigenvalue weighted by molar-refractivity contribution is 6.30. The Morgan fingerprint density at radius 1 is 1.19 bits per heavy atom. The van der Waals surface area contributed by atoms with E-state index in [2.05, 4.69) is 15.3 Å². The number of ether oxygens (including phenoxy) is 1. The van der Waals surface area contributed by atoms with Crippen LogP contribution in [0.15, 0.2) is 47.3 Å². The van der Waals surface area contributed by atoms with Gasteiger partial charge in [-0.2, -0.15) is 4.68 Å². The molecule has 0 spiro atoms. The second-order valence-electron chi connectivity index (χ2n) is 10.0. The Morgan fingerprint density at radius 2 is 1.95 bits per heavy atom. The molecule has 2 fully saturated rings. The summed E-state index contributed by atoms with van der Waals surface area (Å²) in [6.07, 6.45) is 2.85. The van der Waals surface area contributed by atoms with Crippen molar-refractivity contribution in [2.45, 2.75) is 57.7 Å². The number of carbonyl (C=O) groups excluding carboxylic acids is 1. The van der Waals surface area contributed by atoms with Crippen LogP contribution in [-0.4, -0.2) is 63.0 Å². The molecule has 2 aromatic carbocycles. The van der Waals surface area contributed by atoms with Crippen LogP contribution in [-0.2, 0) is 22.4 Å². The monoisotopic (exact) mass is 527 g/mol. The van der Waals surface area contributed by atoms with Crippen LogP contribution < -0.4 is 11.0 Å². The van der Waals surface area contributed by atoms with E-state index in [4.69, 9.17) is 16.3 Å². The van der Waals surface area contributed by atoms with Crippen LogP contribution in [0.5, 0.6) is 0 Å². The number of benzene rings is 2. The van der Waals surface area contributed by atoms with Crippen molar-refractivity contribution in [3.63, 3.8) is 0 Å². The molecule has 10 heteroatoms. The van der Waals surface area contributed by atoms with Crippen molar-refractivity contribution in [1.29, 1.82) is 0 Å². The van der Waals surface area contributed by atoms with Gasteiger partial charge in [0.1, 0.15) is 17.3 Å². The first-order chi connectivity index (χ1) is 17.8. The first kappa shape index (κ1) is 25.6. The Labute approximate surface area is 220 Å². The zero-order valence-corrected chi connectivity index (χ0v) is 21.7. The number of halogens is 2. The number of aromatic nitrogens is 3. The van der Waals surface area contributed by atoms with Crippen molar-refractivity contribution in [3.8, 4) is 11.4 Å². The Kier molecular flexibility index (Phi) is 7.46. The van der Waals surface area contributed by atoms with Gasteiger partial charge in [-0.05, 0) is 69.0 Å². The third-order valence-corrected chi connectivity index (χ3v) is 7.21. The van der Waals surface area contributed by atoms with Gasteiger partial charge < -0.3 is 10.1 Å². The molecule has 2 saturated heterocycles. The minimum Gasteiger partial charge on any atom is -0.378 e. The number of carbonyl (C=O) groups is 1. The van der Waals surface area contributed by atoms with Crippen molar-refractivity contribution in [2.75, 3.05) is 19.8 Å². The summed E-state index contributed by atoms with van der Waals surface area (Å²) < 4.78 is 23.3. The first-order valence-corrected chi connectivity index (χ1v) is 13.1. The fraction of sp³-hybridized carbons (Fsp3) is 0.444. The maximum absolute atomic E-state index is 15.3. The lowest BCUT2D eigenvalue weighted by atomic mass is 10.1. The van der Waals surface area contributed by atoms with Gasteiger partial charge in [0.25, 0.3) is 0 Å². The molecule has 3 heterocycles. The number of amides is 1. The minimum absolute atomic E-state index is 0.0338. The number of nitrogens with one attached hydrogen (secondary N) is 1. The maximum Gasteiger partial charge on any atom is 0.355 e. The molecule has 0 aliphatic carbocycles. The van der Waals surface area contributed by atoms with E-state index in [1.54, 1.807) is 30.3 Å². The number of morpholine rings is 1. The van der Waals surface area contributed by atoms with Crippen LogP contribution in [0.2, 0.25) is 5.02 Å². The topological polar surface area (TPSA) is 81.4 Å². The summed E-state index contributed by atoms with van der Waals surface area (Å²) >= 11 is 6.16. The molecule has 2 unspecified atom stereocenters. The molecule has 2 bridgehead atoms. The van der Waals surface area contributed by atoms with Crippen molar-refractivity contribution < 1.29 is 13.9 Å². The molecule has 1 aromatic heterocycles. The fourth-order valence-electron chi connectivity index (χ4n) is 5.28. The van der Waals surface area contributed by atoms with Crippen molar-refractivity contribution in [3.05, 3.63) is 75.2 Å². The van der Waals surface area contributed by atoms with E-state index in [9.17, 15) is 9.59 Å². The lowest BCUT2D eigenvalue weighted by Gasteiger charge is -2.34. The summed E-state index contributed by atoms with van der Waals surface area (Å²) in [4.78, 5) is 28.4. The summed E-state index contributed by atoms with van der Waals surface area (Å²) in [7, 11) is 0. The molecular formula is C27H31ClFN5O3. The molecule has 0 saturated carbocycles. The average Bonchev–Trinajstić information content (AvgIpc) is 3.26. The van der Waals surface area contributed by atoms with Crippen LogP contribution >= 0.6 is 11.6 Å². The summed E-state index contributed by atoms with van der Waals surface area (Å²) in [5.41, 5.74) is 0.761. The zero-order valence-electron chi connectivity index (χ0n) is 21.0. The van der Waals surface area contributed by atoms with Gasteiger partial charge >= 0.3 is 5.69 Å². The van der Waals surface area contributed by atoms with E-state index < -0.39 is 11.5 Å². The second-order valence-corrected chi connectivity index (χ2v) is 10.5. The third-order valence-electron chi connectivity index (χ3n) is 6.97. The molecule has 5 rings (SSSR count). The van der Waals surface area contributed by atoms with E-state index in [0.29, 0.717) is 29.2 Å². The van der Waals surface area contributed by atoms with Crippen molar-refractivity contribution in [2.24, 2.45) is 0 Å². The Hall–Kier alpha value is -3.01. The first-order valence-electron chi connectivity index (χ1n) is 12.7. The SMILES string of the molecule is CC(C)NC(=O)Cc1nn(-c2ccc(CCN3C4CCC3COC4)cc2F)c(=O)n1-c1cccc(Cl)c1. The Morgan fingerprint density at radius 3 is 2.62 bits per heavy atom. The third kappa shape index (κ3) is 5.49. The molecule has 1 amide bonds. The van der Waals surface area contributed by atoms with E-state index >= 15 is 4.39 Å². The molecule has 1 N–H and O–H groups in total. The van der Waals surface area contributed by atoms with Gasteiger partial charge in [-0.15, -0.1) is 5.10 Å². The predicted octanol–water partition coefficient (Wildman–Crippen LogP) is 3.29. The van der Waals surface area contributed by atoms with E-state index in [1.165, 1.54) is 10.6 Å². The van der Waals surface area contributed by atoms with E-state index in [0.717, 1.165) is 42.8 Å². The quantitative estimate of drug-likeness (QED) is 0.486. The van der Waals surface area contributed by atoms with Crippen LogP contribution in [0.3, 0.4) is 0 Å². The number of hydrogen-bond donors (Lipinski definition) is 1. The van der Waals surface area contributed by atoms with Gasteiger partial charge in [0.05, 0.1) is 25.3 Å². The van der Waals surface area contributed by atoms with Gasteiger partial charge in [0.15, 0.2) is 0 Å². The highest BCUT2D eigenvalue weighted by Gasteiger charge is 2.36. The number of nitrogens with zero attached hydrogens (tertiary/aromatic N) is 4. The molecule has 8 nitrogen and oxygen atoms in total. The number of fused-ring (bicyclic) bond motifs is 2. The smallest absolute Gasteiger partial charge is 0.355 e. The summed E-state index contributed by atoms with van der Waals surface area (Å²) in [5.74, 6) is -0.640. The molecule has 3 aromatic rings. The van der Waals surface area contributed by atoms with Crippen molar-refractivity contribution >= 4 is 17.5 Å². The molecular weight excluding hydrogens is 497 g/mol. The Balaban J connectivity index is 1.43. The van der Waals surface area contributed by atoms with Crippen LogP contribution in [0.4, 0.5) is 4.39 Å². The lowest BCUT2D eigenvalue weighted by molar-refractivity contribution is -0.121. The standard InChI is InChI=1S/C27H31ClFN5O3/c1-17(2)30-26(35)14-25-31-34(27(36)33(25)20-5-3-4-19(28)13-20)24-9-6-18(12-23(24)29)10-11-32-21-7-8-22(32)16-37-15-21/h3-6,9,12-13,17,21-22H,7-8,10-11,14-16H2,1-2H3,(H,30,35). The van der Waals surface area contributed by atoms with Crippen molar-refractivity contribution in [1.82, 2.24) is 24.6 Å². The average molecular weight is 528 g/mol. The van der Waals surface area contributed by atoms with Gasteiger partial charge in [-0.1, -0.05) is 23.7 Å². The van der Waals surface area contributed by atoms with Gasteiger partial charge in [-0.3, -0.25) is 9.69 Å². The highest BCUT2D eigenvalue weighted by atomic mass is 35.5.